The molecule has 0 saturated heterocycles. The Bertz CT molecular complexity index is 702. The topological polar surface area (TPSA) is 62.3 Å². The summed E-state index contributed by atoms with van der Waals surface area (Å²) in [4.78, 5) is 29.8. The number of nitrogens with zero attached hydrogens (tertiary/aromatic N) is 2. The molecule has 1 aromatic carbocycles. The van der Waals surface area contributed by atoms with E-state index in [0.29, 0.717) is 21.7 Å². The highest BCUT2D eigenvalue weighted by molar-refractivity contribution is 9.10. The molecule has 1 N–H and O–H groups in total. The lowest BCUT2D eigenvalue weighted by Crippen LogP contribution is -2.42. The van der Waals surface area contributed by atoms with E-state index in [0.717, 1.165) is 0 Å². The van der Waals surface area contributed by atoms with Gasteiger partial charge in [0.1, 0.15) is 16.8 Å². The Hall–Kier alpha value is -2.21. The van der Waals surface area contributed by atoms with E-state index in [4.69, 9.17) is 0 Å². The lowest BCUT2D eigenvalue weighted by molar-refractivity contribution is -0.115. The zero-order chi connectivity index (χ0) is 14.1. The van der Waals surface area contributed by atoms with Gasteiger partial charge in [-0.3, -0.25) is 14.5 Å². The van der Waals surface area contributed by atoms with Crippen molar-refractivity contribution in [3.05, 3.63) is 52.8 Å². The molecule has 0 saturated carbocycles. The fourth-order valence-corrected chi connectivity index (χ4v) is 2.42. The lowest BCUT2D eigenvalue weighted by Gasteiger charge is -2.28. The third-order valence-corrected chi connectivity index (χ3v) is 3.39. The van der Waals surface area contributed by atoms with Gasteiger partial charge in [0.2, 0.25) is 5.91 Å². The van der Waals surface area contributed by atoms with Crippen LogP contribution in [-0.4, -0.2) is 23.3 Å². The van der Waals surface area contributed by atoms with Crippen LogP contribution >= 0.6 is 15.9 Å². The number of rotatable bonds is 1. The molecule has 1 aliphatic rings. The molecule has 0 atom stereocenters. The smallest absolute Gasteiger partial charge is 0.277 e. The standard InChI is InChI=1S/C14H10BrN3O2/c15-12-7-3-5-10(16-12)14(20)18-8-13(19)17-9-4-1-2-6-11(9)18/h1-7H,8H2,(H,17,19). The number of para-hydroxylation sites is 2. The summed E-state index contributed by atoms with van der Waals surface area (Å²) >= 11 is 3.24. The van der Waals surface area contributed by atoms with Crippen LogP contribution in [0.3, 0.4) is 0 Å². The third kappa shape index (κ3) is 2.30. The second kappa shape index (κ2) is 5.05. The predicted octanol–water partition coefficient (Wildman–Crippen LogP) is 2.44. The van der Waals surface area contributed by atoms with Gasteiger partial charge >= 0.3 is 0 Å². The van der Waals surface area contributed by atoms with E-state index in [1.807, 2.05) is 12.1 Å². The Kier molecular flexibility index (Phi) is 3.23. The molecule has 1 aromatic heterocycles. The lowest BCUT2D eigenvalue weighted by atomic mass is 10.1. The van der Waals surface area contributed by atoms with Crippen molar-refractivity contribution in [3.8, 4) is 0 Å². The number of amides is 2. The first-order valence-corrected chi connectivity index (χ1v) is 6.78. The van der Waals surface area contributed by atoms with Crippen LogP contribution < -0.4 is 10.2 Å². The number of pyridine rings is 1. The minimum Gasteiger partial charge on any atom is -0.323 e. The van der Waals surface area contributed by atoms with Gasteiger partial charge in [0.25, 0.3) is 5.91 Å². The summed E-state index contributed by atoms with van der Waals surface area (Å²) in [6.45, 7) is -0.00988. The van der Waals surface area contributed by atoms with Gasteiger partial charge in [0.05, 0.1) is 11.4 Å². The maximum absolute atomic E-state index is 12.5. The Balaban J connectivity index is 2.02. The molecule has 6 heteroatoms. The molecule has 1 aliphatic heterocycles. The summed E-state index contributed by atoms with van der Waals surface area (Å²) in [5.41, 5.74) is 1.61. The highest BCUT2D eigenvalue weighted by atomic mass is 79.9. The molecule has 0 fully saturated rings. The number of carbonyl (C=O) groups is 2. The average Bonchev–Trinajstić information content (AvgIpc) is 2.45. The fourth-order valence-electron chi connectivity index (χ4n) is 2.08. The summed E-state index contributed by atoms with van der Waals surface area (Å²) in [7, 11) is 0. The quantitative estimate of drug-likeness (QED) is 0.816. The average molecular weight is 332 g/mol. The molecule has 2 heterocycles. The van der Waals surface area contributed by atoms with Gasteiger partial charge in [-0.15, -0.1) is 0 Å². The number of fused-ring (bicyclic) bond motifs is 1. The molecule has 0 aliphatic carbocycles. The molecule has 0 spiro atoms. The van der Waals surface area contributed by atoms with Gasteiger partial charge in [0, 0.05) is 0 Å². The van der Waals surface area contributed by atoms with E-state index in [9.17, 15) is 9.59 Å². The normalized spacial score (nSPS) is 13.7. The van der Waals surface area contributed by atoms with Crippen molar-refractivity contribution in [1.29, 1.82) is 0 Å². The van der Waals surface area contributed by atoms with E-state index >= 15 is 0 Å². The van der Waals surface area contributed by atoms with Gasteiger partial charge < -0.3 is 5.32 Å². The monoisotopic (exact) mass is 331 g/mol. The number of benzene rings is 1. The van der Waals surface area contributed by atoms with Crippen molar-refractivity contribution in [1.82, 2.24) is 4.98 Å². The van der Waals surface area contributed by atoms with E-state index in [-0.39, 0.29) is 18.4 Å². The second-order valence-electron chi connectivity index (χ2n) is 4.30. The molecule has 2 amide bonds. The van der Waals surface area contributed by atoms with Gasteiger partial charge in [-0.2, -0.15) is 0 Å². The number of hydrogen-bond acceptors (Lipinski definition) is 3. The van der Waals surface area contributed by atoms with Crippen molar-refractivity contribution >= 4 is 39.1 Å². The molecule has 5 nitrogen and oxygen atoms in total. The van der Waals surface area contributed by atoms with Gasteiger partial charge in [-0.25, -0.2) is 4.98 Å². The van der Waals surface area contributed by atoms with Gasteiger partial charge in [0.15, 0.2) is 0 Å². The number of anilines is 2. The maximum atomic E-state index is 12.5. The van der Waals surface area contributed by atoms with Crippen LogP contribution in [0.5, 0.6) is 0 Å². The fraction of sp³-hybridized carbons (Fsp3) is 0.0714. The van der Waals surface area contributed by atoms with Crippen LogP contribution in [0.15, 0.2) is 47.1 Å². The first kappa shape index (κ1) is 12.8. The zero-order valence-electron chi connectivity index (χ0n) is 10.3. The minimum atomic E-state index is -0.298. The Morgan fingerprint density at radius 1 is 1.20 bits per heavy atom. The van der Waals surface area contributed by atoms with Crippen molar-refractivity contribution in [3.63, 3.8) is 0 Å². The van der Waals surface area contributed by atoms with E-state index in [1.165, 1.54) is 4.90 Å². The molecule has 0 unspecified atom stereocenters. The largest absolute Gasteiger partial charge is 0.323 e. The highest BCUT2D eigenvalue weighted by Gasteiger charge is 2.27. The molecule has 3 rings (SSSR count). The summed E-state index contributed by atoms with van der Waals surface area (Å²) in [6.07, 6.45) is 0. The first-order chi connectivity index (χ1) is 9.65. The summed E-state index contributed by atoms with van der Waals surface area (Å²) < 4.78 is 0.582. The molecule has 0 radical (unpaired) electrons. The van der Waals surface area contributed by atoms with E-state index in [1.54, 1.807) is 30.3 Å². The van der Waals surface area contributed by atoms with Crippen molar-refractivity contribution in [2.45, 2.75) is 0 Å². The van der Waals surface area contributed by atoms with Gasteiger partial charge in [-0.05, 0) is 40.2 Å². The number of carbonyl (C=O) groups excluding carboxylic acids is 2. The van der Waals surface area contributed by atoms with Crippen LogP contribution in [-0.2, 0) is 4.79 Å². The second-order valence-corrected chi connectivity index (χ2v) is 5.11. The minimum absolute atomic E-state index is 0.00988. The van der Waals surface area contributed by atoms with Crippen molar-refractivity contribution in [2.24, 2.45) is 0 Å². The van der Waals surface area contributed by atoms with Crippen LogP contribution in [0, 0.1) is 0 Å². The Morgan fingerprint density at radius 2 is 2.00 bits per heavy atom. The number of hydrogen-bond donors (Lipinski definition) is 1. The number of aromatic nitrogens is 1. The van der Waals surface area contributed by atoms with Crippen molar-refractivity contribution < 1.29 is 9.59 Å². The molecular formula is C14H10BrN3O2. The maximum Gasteiger partial charge on any atom is 0.277 e. The molecule has 2 aromatic rings. The van der Waals surface area contributed by atoms with Crippen LogP contribution in [0.1, 0.15) is 10.5 Å². The van der Waals surface area contributed by atoms with E-state index < -0.39 is 0 Å². The van der Waals surface area contributed by atoms with Crippen LogP contribution in [0.25, 0.3) is 0 Å². The summed E-state index contributed by atoms with van der Waals surface area (Å²) in [5, 5.41) is 2.75. The van der Waals surface area contributed by atoms with Crippen LogP contribution in [0.4, 0.5) is 11.4 Å². The van der Waals surface area contributed by atoms with E-state index in [2.05, 4.69) is 26.2 Å². The predicted molar refractivity (Wildman–Crippen MR) is 78.7 cm³/mol. The SMILES string of the molecule is O=C1CN(C(=O)c2cccc(Br)n2)c2ccccc2N1. The summed E-state index contributed by atoms with van der Waals surface area (Å²) in [5.74, 6) is -0.513. The third-order valence-electron chi connectivity index (χ3n) is 2.95. The zero-order valence-corrected chi connectivity index (χ0v) is 11.9. The Labute approximate surface area is 123 Å². The van der Waals surface area contributed by atoms with Gasteiger partial charge in [-0.1, -0.05) is 18.2 Å². The molecule has 100 valence electrons. The van der Waals surface area contributed by atoms with Crippen molar-refractivity contribution in [2.75, 3.05) is 16.8 Å². The Morgan fingerprint density at radius 3 is 2.80 bits per heavy atom. The van der Waals surface area contributed by atoms with Crippen LogP contribution in [0.2, 0.25) is 0 Å². The number of nitrogens with one attached hydrogen (secondary N) is 1. The first-order valence-electron chi connectivity index (χ1n) is 5.98. The molecule has 20 heavy (non-hydrogen) atoms. The highest BCUT2D eigenvalue weighted by Crippen LogP contribution is 2.29. The molecular weight excluding hydrogens is 322 g/mol. The summed E-state index contributed by atoms with van der Waals surface area (Å²) in [6, 6.07) is 12.3. The molecule has 0 bridgehead atoms. The number of halogens is 1.